The molecular weight excluding hydrogens is 354 g/mol. The van der Waals surface area contributed by atoms with Gasteiger partial charge in [0.25, 0.3) is 10.0 Å². The lowest BCUT2D eigenvalue weighted by Crippen LogP contribution is -2.36. The lowest BCUT2D eigenvalue weighted by atomic mass is 10.0. The second-order valence-corrected chi connectivity index (χ2v) is 7.59. The summed E-state index contributed by atoms with van der Waals surface area (Å²) >= 11 is 3.24. The maximum atomic E-state index is 12.9. The Hall–Kier alpha value is -1.60. The number of aryl methyl sites for hydroxylation is 1. The highest BCUT2D eigenvalue weighted by Gasteiger charge is 2.30. The minimum atomic E-state index is -3.71. The van der Waals surface area contributed by atoms with Gasteiger partial charge in [-0.3, -0.25) is 4.31 Å². The minimum absolute atomic E-state index is 0.0151. The number of hydrogen-bond acceptors (Lipinski definition) is 4. The van der Waals surface area contributed by atoms with Crippen LogP contribution in [0.4, 0.5) is 11.5 Å². The van der Waals surface area contributed by atoms with Gasteiger partial charge in [-0.2, -0.15) is 0 Å². The number of nitrogens with zero attached hydrogens (tertiary/aromatic N) is 2. The van der Waals surface area contributed by atoms with Crippen molar-refractivity contribution in [2.24, 2.45) is 0 Å². The molecule has 1 aromatic heterocycles. The summed E-state index contributed by atoms with van der Waals surface area (Å²) in [7, 11) is -3.71. The van der Waals surface area contributed by atoms with E-state index < -0.39 is 10.0 Å². The number of nitrogen functional groups attached to an aromatic ring is 1. The number of para-hydroxylation sites is 1. The van der Waals surface area contributed by atoms with Gasteiger partial charge in [0, 0.05) is 17.2 Å². The van der Waals surface area contributed by atoms with E-state index in [0.717, 1.165) is 24.1 Å². The van der Waals surface area contributed by atoms with Crippen LogP contribution in [0, 0.1) is 0 Å². The number of rotatable bonds is 2. The fourth-order valence-corrected chi connectivity index (χ4v) is 4.63. The van der Waals surface area contributed by atoms with E-state index in [4.69, 9.17) is 5.73 Å². The number of halogens is 1. The van der Waals surface area contributed by atoms with Crippen LogP contribution in [0.1, 0.15) is 12.0 Å². The summed E-state index contributed by atoms with van der Waals surface area (Å²) in [6.45, 7) is 0.450. The van der Waals surface area contributed by atoms with Gasteiger partial charge in [-0.25, -0.2) is 13.4 Å². The van der Waals surface area contributed by atoms with E-state index in [0.29, 0.717) is 11.0 Å². The Bertz CT molecular complexity index is 793. The molecule has 0 fully saturated rings. The molecule has 21 heavy (non-hydrogen) atoms. The van der Waals surface area contributed by atoms with Crippen LogP contribution in [-0.4, -0.2) is 19.9 Å². The largest absolute Gasteiger partial charge is 0.383 e. The molecule has 1 aromatic carbocycles. The first-order valence-electron chi connectivity index (χ1n) is 6.52. The zero-order chi connectivity index (χ0) is 15.0. The summed E-state index contributed by atoms with van der Waals surface area (Å²) in [6.07, 6.45) is 3.16. The van der Waals surface area contributed by atoms with Gasteiger partial charge in [0.05, 0.1) is 5.69 Å². The van der Waals surface area contributed by atoms with Crippen LogP contribution >= 0.6 is 15.9 Å². The number of aromatic nitrogens is 1. The summed E-state index contributed by atoms with van der Waals surface area (Å²) in [5.41, 5.74) is 7.53. The molecule has 5 nitrogen and oxygen atoms in total. The molecule has 110 valence electrons. The van der Waals surface area contributed by atoms with Crippen molar-refractivity contribution >= 4 is 37.5 Å². The van der Waals surface area contributed by atoms with Crippen LogP contribution in [-0.2, 0) is 16.4 Å². The van der Waals surface area contributed by atoms with E-state index in [1.807, 2.05) is 24.3 Å². The number of pyridine rings is 1. The Labute approximate surface area is 132 Å². The molecule has 0 unspecified atom stereocenters. The maximum absolute atomic E-state index is 12.9. The smallest absolute Gasteiger partial charge is 0.268 e. The number of anilines is 2. The summed E-state index contributed by atoms with van der Waals surface area (Å²) < 4.78 is 27.8. The Morgan fingerprint density at radius 1 is 1.29 bits per heavy atom. The van der Waals surface area contributed by atoms with Crippen molar-refractivity contribution in [3.05, 3.63) is 46.6 Å². The van der Waals surface area contributed by atoms with Crippen LogP contribution in [0.3, 0.4) is 0 Å². The molecule has 7 heteroatoms. The lowest BCUT2D eigenvalue weighted by Gasteiger charge is -2.30. The van der Waals surface area contributed by atoms with Gasteiger partial charge >= 0.3 is 0 Å². The van der Waals surface area contributed by atoms with E-state index in [-0.39, 0.29) is 10.7 Å². The second kappa shape index (κ2) is 5.31. The molecule has 0 amide bonds. The average molecular weight is 368 g/mol. The summed E-state index contributed by atoms with van der Waals surface area (Å²) in [4.78, 5) is 3.96. The van der Waals surface area contributed by atoms with E-state index in [2.05, 4.69) is 20.9 Å². The number of fused-ring (bicyclic) bond motifs is 1. The fraction of sp³-hybridized carbons (Fsp3) is 0.214. The van der Waals surface area contributed by atoms with Gasteiger partial charge in [-0.05, 0) is 46.5 Å². The van der Waals surface area contributed by atoms with Crippen LogP contribution < -0.4 is 10.0 Å². The maximum Gasteiger partial charge on any atom is 0.268 e. The third-order valence-corrected chi connectivity index (χ3v) is 5.76. The van der Waals surface area contributed by atoms with Crippen LogP contribution in [0.5, 0.6) is 0 Å². The molecule has 0 saturated heterocycles. The molecule has 0 spiro atoms. The molecule has 0 bridgehead atoms. The zero-order valence-electron chi connectivity index (χ0n) is 11.2. The zero-order valence-corrected chi connectivity index (χ0v) is 13.6. The minimum Gasteiger partial charge on any atom is -0.383 e. The van der Waals surface area contributed by atoms with Crippen molar-refractivity contribution in [3.63, 3.8) is 0 Å². The normalized spacial score (nSPS) is 14.8. The molecule has 1 aliphatic heterocycles. The van der Waals surface area contributed by atoms with E-state index in [1.165, 1.54) is 16.6 Å². The molecule has 1 aliphatic rings. The summed E-state index contributed by atoms with van der Waals surface area (Å²) in [5, 5.41) is 0. The van der Waals surface area contributed by atoms with Crippen LogP contribution in [0.2, 0.25) is 0 Å². The van der Waals surface area contributed by atoms with Crippen molar-refractivity contribution in [2.45, 2.75) is 17.7 Å². The number of sulfonamides is 1. The van der Waals surface area contributed by atoms with Gasteiger partial charge in [0.15, 0.2) is 0 Å². The Morgan fingerprint density at radius 3 is 2.86 bits per heavy atom. The van der Waals surface area contributed by atoms with Crippen molar-refractivity contribution in [2.75, 3.05) is 16.6 Å². The summed E-state index contributed by atoms with van der Waals surface area (Å²) in [6, 6.07) is 9.04. The molecule has 0 saturated carbocycles. The highest BCUT2D eigenvalue weighted by atomic mass is 79.9. The Kier molecular flexibility index (Phi) is 3.62. The molecule has 2 heterocycles. The average Bonchev–Trinajstić information content (AvgIpc) is 2.49. The molecule has 0 radical (unpaired) electrons. The van der Waals surface area contributed by atoms with E-state index in [1.54, 1.807) is 0 Å². The highest BCUT2D eigenvalue weighted by molar-refractivity contribution is 9.10. The first kappa shape index (κ1) is 14.3. The van der Waals surface area contributed by atoms with Crippen molar-refractivity contribution in [3.8, 4) is 0 Å². The van der Waals surface area contributed by atoms with Crippen LogP contribution in [0.25, 0.3) is 0 Å². The molecule has 2 N–H and O–H groups in total. The molecule has 2 aromatic rings. The topological polar surface area (TPSA) is 76.3 Å². The molecule has 0 atom stereocenters. The van der Waals surface area contributed by atoms with Gasteiger partial charge in [0.1, 0.15) is 10.7 Å². The van der Waals surface area contributed by atoms with Crippen molar-refractivity contribution < 1.29 is 8.42 Å². The summed E-state index contributed by atoms with van der Waals surface area (Å²) in [5.74, 6) is 0.0151. The van der Waals surface area contributed by atoms with Crippen LogP contribution in [0.15, 0.2) is 45.9 Å². The first-order chi connectivity index (χ1) is 10.00. The van der Waals surface area contributed by atoms with E-state index >= 15 is 0 Å². The predicted molar refractivity (Wildman–Crippen MR) is 85.6 cm³/mol. The number of nitrogens with two attached hydrogens (primary N) is 1. The quantitative estimate of drug-likeness (QED) is 0.884. The third kappa shape index (κ3) is 2.51. The predicted octanol–water partition coefficient (Wildman–Crippen LogP) is 2.57. The van der Waals surface area contributed by atoms with E-state index in [9.17, 15) is 8.42 Å². The monoisotopic (exact) mass is 367 g/mol. The highest BCUT2D eigenvalue weighted by Crippen LogP contribution is 2.33. The van der Waals surface area contributed by atoms with Crippen molar-refractivity contribution in [1.29, 1.82) is 0 Å². The van der Waals surface area contributed by atoms with Gasteiger partial charge in [0.2, 0.25) is 0 Å². The second-order valence-electron chi connectivity index (χ2n) is 4.85. The third-order valence-electron chi connectivity index (χ3n) is 3.48. The van der Waals surface area contributed by atoms with Gasteiger partial charge < -0.3 is 5.73 Å². The SMILES string of the molecule is Nc1ncc(Br)cc1S(=O)(=O)N1CCCc2ccccc21. The number of benzene rings is 1. The van der Waals surface area contributed by atoms with Gasteiger partial charge in [-0.1, -0.05) is 18.2 Å². The van der Waals surface area contributed by atoms with Gasteiger partial charge in [-0.15, -0.1) is 0 Å². The first-order valence-corrected chi connectivity index (χ1v) is 8.75. The Morgan fingerprint density at radius 2 is 2.05 bits per heavy atom. The molecule has 3 rings (SSSR count). The number of hydrogen-bond donors (Lipinski definition) is 1. The lowest BCUT2D eigenvalue weighted by molar-refractivity contribution is 0.586. The molecular formula is C14H14BrN3O2S. The fourth-order valence-electron chi connectivity index (χ4n) is 2.51. The van der Waals surface area contributed by atoms with Crippen molar-refractivity contribution in [1.82, 2.24) is 4.98 Å². The Balaban J connectivity index is 2.14. The molecule has 0 aliphatic carbocycles. The standard InChI is InChI=1S/C14H14BrN3O2S/c15-11-8-13(14(16)17-9-11)21(19,20)18-7-3-5-10-4-1-2-6-12(10)18/h1-2,4,6,8-9H,3,5,7H2,(H2,16,17).